The van der Waals surface area contributed by atoms with Gasteiger partial charge in [-0.1, -0.05) is 0 Å². The van der Waals surface area contributed by atoms with Gasteiger partial charge in [0.1, 0.15) is 6.10 Å². The molecule has 2 aliphatic rings. The van der Waals surface area contributed by atoms with Gasteiger partial charge >= 0.3 is 0 Å². The quantitative estimate of drug-likeness (QED) is 0.611. The summed E-state index contributed by atoms with van der Waals surface area (Å²) in [6.45, 7) is 7.08. The Labute approximate surface area is 79.0 Å². The van der Waals surface area contributed by atoms with Crippen LogP contribution in [-0.2, 0) is 9.53 Å². The summed E-state index contributed by atoms with van der Waals surface area (Å²) >= 11 is 0. The van der Waals surface area contributed by atoms with Crippen molar-refractivity contribution in [2.24, 2.45) is 0 Å². The van der Waals surface area contributed by atoms with Crippen molar-refractivity contribution in [3.63, 3.8) is 0 Å². The Morgan fingerprint density at radius 3 is 2.46 bits per heavy atom. The number of hydrogen-bond acceptors (Lipinski definition) is 2. The molecule has 2 fully saturated rings. The Bertz CT molecular complexity index is 233. The molecular weight excluding hydrogens is 166 g/mol. The second-order valence-corrected chi connectivity index (χ2v) is 4.72. The number of amides is 1. The van der Waals surface area contributed by atoms with Crippen LogP contribution in [0.5, 0.6) is 0 Å². The fraction of sp³-hybridized carbons (Fsp3) is 0.900. The van der Waals surface area contributed by atoms with Crippen LogP contribution in [0.25, 0.3) is 0 Å². The van der Waals surface area contributed by atoms with Gasteiger partial charge in [0.2, 0.25) is 0 Å². The maximum Gasteiger partial charge on any atom is 0.252 e. The van der Waals surface area contributed by atoms with Crippen molar-refractivity contribution < 1.29 is 9.53 Å². The number of ether oxygens (including phenoxy) is 1. The van der Waals surface area contributed by atoms with Crippen molar-refractivity contribution in [1.82, 2.24) is 4.90 Å². The molecule has 1 amide bonds. The van der Waals surface area contributed by atoms with Crippen molar-refractivity contribution in [2.75, 3.05) is 6.61 Å². The molecule has 0 aromatic carbocycles. The summed E-state index contributed by atoms with van der Waals surface area (Å²) in [4.78, 5) is 13.8. The van der Waals surface area contributed by atoms with Crippen molar-refractivity contribution in [3.8, 4) is 0 Å². The van der Waals surface area contributed by atoms with Crippen LogP contribution in [0.1, 0.15) is 33.6 Å². The average Bonchev–Trinajstić information content (AvgIpc) is 1.78. The Morgan fingerprint density at radius 2 is 2.15 bits per heavy atom. The van der Waals surface area contributed by atoms with Crippen molar-refractivity contribution in [1.29, 1.82) is 0 Å². The van der Waals surface area contributed by atoms with Crippen LogP contribution in [0.4, 0.5) is 0 Å². The number of nitrogens with zero attached hydrogens (tertiary/aromatic N) is 1. The van der Waals surface area contributed by atoms with Gasteiger partial charge in [0.25, 0.3) is 5.91 Å². The smallest absolute Gasteiger partial charge is 0.252 e. The molecule has 0 bridgehead atoms. The third kappa shape index (κ3) is 1.26. The average molecular weight is 183 g/mol. The first kappa shape index (κ1) is 9.00. The van der Waals surface area contributed by atoms with Gasteiger partial charge in [0.15, 0.2) is 0 Å². The van der Waals surface area contributed by atoms with Crippen LogP contribution in [0.15, 0.2) is 0 Å². The Morgan fingerprint density at radius 1 is 1.54 bits per heavy atom. The molecule has 2 atom stereocenters. The fourth-order valence-corrected chi connectivity index (χ4v) is 2.50. The molecule has 2 rings (SSSR count). The number of rotatable bonds is 1. The number of carbonyl (C=O) groups is 1. The molecule has 2 heterocycles. The fourth-order valence-electron chi connectivity index (χ4n) is 2.50. The van der Waals surface area contributed by atoms with E-state index in [9.17, 15) is 4.79 Å². The summed E-state index contributed by atoms with van der Waals surface area (Å²) in [6, 6.07) is 0.395. The van der Waals surface area contributed by atoms with Crippen molar-refractivity contribution >= 4 is 5.91 Å². The number of hydrogen-bond donors (Lipinski definition) is 0. The summed E-state index contributed by atoms with van der Waals surface area (Å²) in [5.41, 5.74) is 0.0510. The zero-order chi connectivity index (χ0) is 9.64. The Hall–Kier alpha value is -0.570. The molecule has 74 valence electrons. The third-order valence-electron chi connectivity index (χ3n) is 3.10. The molecule has 0 N–H and O–H groups in total. The standard InChI is InChI=1S/C10H17NO2/c1-7-6-10(2,3)11(7)9(12)8-4-5-13-8/h7-8H,4-6H2,1-3H3. The largest absolute Gasteiger partial charge is 0.368 e. The van der Waals surface area contributed by atoms with E-state index in [1.807, 2.05) is 4.90 Å². The molecule has 3 heteroatoms. The molecule has 0 radical (unpaired) electrons. The predicted molar refractivity (Wildman–Crippen MR) is 49.4 cm³/mol. The topological polar surface area (TPSA) is 29.5 Å². The van der Waals surface area contributed by atoms with E-state index in [0.29, 0.717) is 6.04 Å². The van der Waals surface area contributed by atoms with Gasteiger partial charge in [-0.2, -0.15) is 0 Å². The molecule has 13 heavy (non-hydrogen) atoms. The highest BCUT2D eigenvalue weighted by molar-refractivity contribution is 5.83. The van der Waals surface area contributed by atoms with E-state index < -0.39 is 0 Å². The van der Waals surface area contributed by atoms with Crippen LogP contribution in [0, 0.1) is 0 Å². The lowest BCUT2D eigenvalue weighted by Crippen LogP contribution is -2.66. The number of carbonyl (C=O) groups excluding carboxylic acids is 1. The van der Waals surface area contributed by atoms with Crippen LogP contribution in [0.2, 0.25) is 0 Å². The minimum atomic E-state index is -0.137. The van der Waals surface area contributed by atoms with Gasteiger partial charge in [-0.15, -0.1) is 0 Å². The second-order valence-electron chi connectivity index (χ2n) is 4.72. The summed E-state index contributed by atoms with van der Waals surface area (Å²) in [6.07, 6.45) is 1.87. The Kier molecular flexibility index (Phi) is 1.88. The molecule has 0 saturated carbocycles. The van der Waals surface area contributed by atoms with E-state index in [0.717, 1.165) is 19.4 Å². The zero-order valence-corrected chi connectivity index (χ0v) is 8.54. The van der Waals surface area contributed by atoms with Gasteiger partial charge in [-0.3, -0.25) is 4.79 Å². The first-order valence-corrected chi connectivity index (χ1v) is 4.97. The maximum absolute atomic E-state index is 11.8. The van der Waals surface area contributed by atoms with Crippen LogP contribution in [-0.4, -0.2) is 35.1 Å². The van der Waals surface area contributed by atoms with E-state index in [-0.39, 0.29) is 17.6 Å². The summed E-state index contributed by atoms with van der Waals surface area (Å²) < 4.78 is 5.20. The molecular formula is C10H17NO2. The van der Waals surface area contributed by atoms with Gasteiger partial charge in [-0.05, 0) is 27.2 Å². The van der Waals surface area contributed by atoms with E-state index in [1.165, 1.54) is 0 Å². The molecule has 0 spiro atoms. The minimum Gasteiger partial charge on any atom is -0.368 e. The normalized spacial score (nSPS) is 36.4. The van der Waals surface area contributed by atoms with Crippen LogP contribution < -0.4 is 0 Å². The predicted octanol–water partition coefficient (Wildman–Crippen LogP) is 1.17. The van der Waals surface area contributed by atoms with Crippen molar-refractivity contribution in [3.05, 3.63) is 0 Å². The molecule has 0 aromatic heterocycles. The summed E-state index contributed by atoms with van der Waals surface area (Å²) in [7, 11) is 0. The zero-order valence-electron chi connectivity index (χ0n) is 8.54. The van der Waals surface area contributed by atoms with Gasteiger partial charge < -0.3 is 9.64 Å². The lowest BCUT2D eigenvalue weighted by Gasteiger charge is -2.55. The molecule has 2 saturated heterocycles. The summed E-state index contributed by atoms with van der Waals surface area (Å²) in [5.74, 6) is 0.190. The third-order valence-corrected chi connectivity index (χ3v) is 3.10. The molecule has 0 aromatic rings. The number of likely N-dealkylation sites (tertiary alicyclic amines) is 1. The highest BCUT2D eigenvalue weighted by Gasteiger charge is 2.48. The minimum absolute atomic E-state index is 0.0510. The molecule has 2 unspecified atom stereocenters. The first-order chi connectivity index (χ1) is 6.02. The highest BCUT2D eigenvalue weighted by atomic mass is 16.5. The van der Waals surface area contributed by atoms with E-state index in [2.05, 4.69) is 20.8 Å². The SMILES string of the molecule is CC1CC(C)(C)N1C(=O)C1CCO1. The molecule has 2 aliphatic heterocycles. The van der Waals surface area contributed by atoms with E-state index in [1.54, 1.807) is 0 Å². The maximum atomic E-state index is 11.8. The first-order valence-electron chi connectivity index (χ1n) is 4.97. The van der Waals surface area contributed by atoms with Gasteiger partial charge in [0.05, 0.1) is 6.61 Å². The van der Waals surface area contributed by atoms with Gasteiger partial charge in [-0.25, -0.2) is 0 Å². The second kappa shape index (κ2) is 2.71. The monoisotopic (exact) mass is 183 g/mol. The van der Waals surface area contributed by atoms with E-state index in [4.69, 9.17) is 4.74 Å². The molecule has 0 aliphatic carbocycles. The molecule has 3 nitrogen and oxygen atoms in total. The van der Waals surface area contributed by atoms with E-state index >= 15 is 0 Å². The lowest BCUT2D eigenvalue weighted by molar-refractivity contribution is -0.176. The van der Waals surface area contributed by atoms with Crippen molar-refractivity contribution in [2.45, 2.75) is 51.3 Å². The summed E-state index contributed by atoms with van der Waals surface area (Å²) in [5, 5.41) is 0. The van der Waals surface area contributed by atoms with Crippen LogP contribution in [0.3, 0.4) is 0 Å². The van der Waals surface area contributed by atoms with Crippen LogP contribution >= 0.6 is 0 Å². The lowest BCUT2D eigenvalue weighted by atomic mass is 9.81. The highest BCUT2D eigenvalue weighted by Crippen LogP contribution is 2.37. The Balaban J connectivity index is 2.02. The van der Waals surface area contributed by atoms with Gasteiger partial charge in [0, 0.05) is 18.0 Å².